The van der Waals surface area contributed by atoms with Crippen molar-refractivity contribution in [1.82, 2.24) is 25.1 Å². The van der Waals surface area contributed by atoms with Gasteiger partial charge < -0.3 is 4.52 Å². The molecule has 6 nitrogen and oxygen atoms in total. The van der Waals surface area contributed by atoms with E-state index in [0.29, 0.717) is 17.4 Å². The molecule has 4 aromatic heterocycles. The van der Waals surface area contributed by atoms with Gasteiger partial charge in [0, 0.05) is 24.0 Å². The molecule has 22 heavy (non-hydrogen) atoms. The number of pyridine rings is 3. The average molecular weight is 289 g/mol. The lowest BCUT2D eigenvalue weighted by Gasteiger charge is -2.02. The zero-order chi connectivity index (χ0) is 14.9. The molecule has 6 heteroatoms. The van der Waals surface area contributed by atoms with E-state index in [0.717, 1.165) is 22.2 Å². The minimum atomic E-state index is 0.427. The smallest absolute Gasteiger partial charge is 0.260 e. The van der Waals surface area contributed by atoms with Crippen molar-refractivity contribution in [1.29, 1.82) is 0 Å². The first-order valence-electron chi connectivity index (χ1n) is 6.78. The third-order valence-corrected chi connectivity index (χ3v) is 3.36. The number of nitrogens with zero attached hydrogens (tertiary/aromatic N) is 5. The molecule has 4 aromatic rings. The molecule has 0 amide bonds. The van der Waals surface area contributed by atoms with Crippen LogP contribution in [-0.2, 0) is 0 Å². The molecule has 0 aliphatic carbocycles. The van der Waals surface area contributed by atoms with E-state index in [1.807, 2.05) is 37.3 Å². The van der Waals surface area contributed by atoms with E-state index < -0.39 is 0 Å². The van der Waals surface area contributed by atoms with Crippen LogP contribution in [0.15, 0.2) is 53.4 Å². The summed E-state index contributed by atoms with van der Waals surface area (Å²) in [5.41, 5.74) is 3.19. The van der Waals surface area contributed by atoms with Crippen molar-refractivity contribution in [3.8, 4) is 23.0 Å². The molecule has 0 aromatic carbocycles. The van der Waals surface area contributed by atoms with Gasteiger partial charge in [-0.3, -0.25) is 15.0 Å². The van der Waals surface area contributed by atoms with Gasteiger partial charge in [0.1, 0.15) is 5.69 Å². The van der Waals surface area contributed by atoms with Crippen LogP contribution in [0.1, 0.15) is 5.69 Å². The van der Waals surface area contributed by atoms with Crippen molar-refractivity contribution in [2.45, 2.75) is 6.92 Å². The van der Waals surface area contributed by atoms with Gasteiger partial charge in [-0.2, -0.15) is 4.98 Å². The lowest BCUT2D eigenvalue weighted by atomic mass is 10.1. The van der Waals surface area contributed by atoms with Crippen LogP contribution in [0.2, 0.25) is 0 Å². The SMILES string of the molecule is Cc1nc2ccncc2cc1-c1nc(-c2ccccn2)no1. The van der Waals surface area contributed by atoms with E-state index in [4.69, 9.17) is 4.52 Å². The van der Waals surface area contributed by atoms with Gasteiger partial charge in [0.05, 0.1) is 16.8 Å². The fourth-order valence-corrected chi connectivity index (χ4v) is 2.26. The number of aryl methyl sites for hydroxylation is 1. The number of rotatable bonds is 2. The van der Waals surface area contributed by atoms with Gasteiger partial charge in [-0.05, 0) is 31.2 Å². The average Bonchev–Trinajstić information content (AvgIpc) is 3.05. The number of hydrogen-bond acceptors (Lipinski definition) is 6. The van der Waals surface area contributed by atoms with Gasteiger partial charge in [-0.25, -0.2) is 0 Å². The van der Waals surface area contributed by atoms with E-state index in [1.165, 1.54) is 0 Å². The lowest BCUT2D eigenvalue weighted by molar-refractivity contribution is 0.432. The van der Waals surface area contributed by atoms with Gasteiger partial charge in [-0.15, -0.1) is 0 Å². The maximum atomic E-state index is 5.37. The minimum absolute atomic E-state index is 0.427. The van der Waals surface area contributed by atoms with Crippen LogP contribution in [0.3, 0.4) is 0 Å². The van der Waals surface area contributed by atoms with Crippen LogP contribution in [0, 0.1) is 6.92 Å². The largest absolute Gasteiger partial charge is 0.333 e. The Bertz CT molecular complexity index is 949. The Morgan fingerprint density at radius 2 is 2.00 bits per heavy atom. The maximum absolute atomic E-state index is 5.37. The molecule has 0 radical (unpaired) electrons. The molecule has 106 valence electrons. The van der Waals surface area contributed by atoms with Gasteiger partial charge in [0.2, 0.25) is 5.82 Å². The Morgan fingerprint density at radius 3 is 2.86 bits per heavy atom. The van der Waals surface area contributed by atoms with Crippen molar-refractivity contribution in [3.05, 3.63) is 54.6 Å². The van der Waals surface area contributed by atoms with Crippen molar-refractivity contribution < 1.29 is 4.52 Å². The molecule has 4 heterocycles. The van der Waals surface area contributed by atoms with Crippen LogP contribution >= 0.6 is 0 Å². The lowest BCUT2D eigenvalue weighted by Crippen LogP contribution is -1.90. The first-order valence-corrected chi connectivity index (χ1v) is 6.78. The summed E-state index contributed by atoms with van der Waals surface area (Å²) in [7, 11) is 0. The van der Waals surface area contributed by atoms with E-state index in [1.54, 1.807) is 18.6 Å². The van der Waals surface area contributed by atoms with Crippen LogP contribution in [0.4, 0.5) is 0 Å². The summed E-state index contributed by atoms with van der Waals surface area (Å²) in [5.74, 6) is 0.887. The summed E-state index contributed by atoms with van der Waals surface area (Å²) in [6.45, 7) is 1.92. The molecule has 0 bridgehead atoms. The molecule has 0 spiro atoms. The summed E-state index contributed by atoms with van der Waals surface area (Å²) < 4.78 is 5.37. The Labute approximate surface area is 125 Å². The van der Waals surface area contributed by atoms with Gasteiger partial charge >= 0.3 is 0 Å². The second kappa shape index (κ2) is 5.00. The van der Waals surface area contributed by atoms with Crippen LogP contribution in [0.5, 0.6) is 0 Å². The van der Waals surface area contributed by atoms with Crippen molar-refractivity contribution >= 4 is 10.9 Å². The highest BCUT2D eigenvalue weighted by molar-refractivity contribution is 5.82. The third-order valence-electron chi connectivity index (χ3n) is 3.36. The first-order chi connectivity index (χ1) is 10.8. The first kappa shape index (κ1) is 12.6. The molecule has 0 aliphatic rings. The Morgan fingerprint density at radius 1 is 1.05 bits per heavy atom. The highest BCUT2D eigenvalue weighted by atomic mass is 16.5. The molecule has 0 unspecified atom stereocenters. The zero-order valence-electron chi connectivity index (χ0n) is 11.8. The zero-order valence-corrected chi connectivity index (χ0v) is 11.8. The van der Waals surface area contributed by atoms with Gasteiger partial charge in [0.15, 0.2) is 0 Å². The van der Waals surface area contributed by atoms with E-state index in [9.17, 15) is 0 Å². The highest BCUT2D eigenvalue weighted by Gasteiger charge is 2.14. The molecule has 0 atom stereocenters. The highest BCUT2D eigenvalue weighted by Crippen LogP contribution is 2.26. The monoisotopic (exact) mass is 289 g/mol. The number of hydrogen-bond donors (Lipinski definition) is 0. The van der Waals surface area contributed by atoms with E-state index in [2.05, 4.69) is 25.1 Å². The Kier molecular flexibility index (Phi) is 2.86. The van der Waals surface area contributed by atoms with E-state index >= 15 is 0 Å². The number of aromatic nitrogens is 5. The molecule has 4 rings (SSSR count). The molecule has 0 saturated heterocycles. The minimum Gasteiger partial charge on any atom is -0.333 e. The molecular weight excluding hydrogens is 278 g/mol. The van der Waals surface area contributed by atoms with Gasteiger partial charge in [-0.1, -0.05) is 11.2 Å². The van der Waals surface area contributed by atoms with Crippen LogP contribution < -0.4 is 0 Å². The third kappa shape index (κ3) is 2.10. The summed E-state index contributed by atoms with van der Waals surface area (Å²) in [6, 6.07) is 9.39. The van der Waals surface area contributed by atoms with Gasteiger partial charge in [0.25, 0.3) is 5.89 Å². The Hall–Kier alpha value is -3.15. The van der Waals surface area contributed by atoms with Crippen molar-refractivity contribution in [2.24, 2.45) is 0 Å². The summed E-state index contributed by atoms with van der Waals surface area (Å²) in [4.78, 5) is 17.3. The van der Waals surface area contributed by atoms with Crippen molar-refractivity contribution in [2.75, 3.05) is 0 Å². The van der Waals surface area contributed by atoms with Crippen LogP contribution in [-0.4, -0.2) is 25.1 Å². The molecule has 0 saturated carbocycles. The van der Waals surface area contributed by atoms with Crippen molar-refractivity contribution in [3.63, 3.8) is 0 Å². The second-order valence-electron chi connectivity index (χ2n) is 4.83. The fourth-order valence-electron chi connectivity index (χ4n) is 2.26. The summed E-state index contributed by atoms with van der Waals surface area (Å²) >= 11 is 0. The summed E-state index contributed by atoms with van der Waals surface area (Å²) in [6.07, 6.45) is 5.18. The molecule has 0 fully saturated rings. The summed E-state index contributed by atoms with van der Waals surface area (Å²) in [5, 5.41) is 4.92. The predicted octanol–water partition coefficient (Wildman–Crippen LogP) is 3.05. The molecule has 0 N–H and O–H groups in total. The topological polar surface area (TPSA) is 77.6 Å². The normalized spacial score (nSPS) is 11.0. The number of fused-ring (bicyclic) bond motifs is 1. The van der Waals surface area contributed by atoms with E-state index in [-0.39, 0.29) is 0 Å². The standard InChI is InChI=1S/C16H11N5O/c1-10-12(8-11-9-17-7-5-13(11)19-10)16-20-15(21-22-16)14-4-2-3-6-18-14/h2-9H,1H3. The predicted molar refractivity (Wildman–Crippen MR) is 80.8 cm³/mol. The maximum Gasteiger partial charge on any atom is 0.260 e. The molecule has 0 aliphatic heterocycles. The fraction of sp³-hybridized carbons (Fsp3) is 0.0625. The quantitative estimate of drug-likeness (QED) is 0.564. The van der Waals surface area contributed by atoms with Crippen LogP contribution in [0.25, 0.3) is 33.9 Å². The Balaban J connectivity index is 1.82. The molecular formula is C16H11N5O. The second-order valence-corrected chi connectivity index (χ2v) is 4.83.